The van der Waals surface area contributed by atoms with Crippen LogP contribution >= 0.6 is 11.6 Å². The standard InChI is InChI=1S/C18H25ClN2/c1-3-14-8-4-5-10-16(14)21-17(11-12-19)20-15-9-6-7-13(2)18(15)21/h6-7,9,14,16H,3-5,8,10-12H2,1-2H3. The molecule has 0 amide bonds. The number of aromatic nitrogens is 2. The molecule has 2 atom stereocenters. The number of para-hydroxylation sites is 1. The molecule has 0 radical (unpaired) electrons. The highest BCUT2D eigenvalue weighted by atomic mass is 35.5. The minimum Gasteiger partial charge on any atom is -0.324 e. The van der Waals surface area contributed by atoms with Gasteiger partial charge in [-0.15, -0.1) is 11.6 Å². The number of hydrogen-bond acceptors (Lipinski definition) is 1. The number of benzene rings is 1. The largest absolute Gasteiger partial charge is 0.324 e. The van der Waals surface area contributed by atoms with Gasteiger partial charge in [0, 0.05) is 18.3 Å². The second kappa shape index (κ2) is 6.39. The van der Waals surface area contributed by atoms with E-state index in [1.54, 1.807) is 0 Å². The van der Waals surface area contributed by atoms with Crippen molar-refractivity contribution in [3.05, 3.63) is 29.6 Å². The monoisotopic (exact) mass is 304 g/mol. The fraction of sp³-hybridized carbons (Fsp3) is 0.611. The van der Waals surface area contributed by atoms with Crippen molar-refractivity contribution in [1.29, 1.82) is 0 Å². The summed E-state index contributed by atoms with van der Waals surface area (Å²) >= 11 is 6.03. The van der Waals surface area contributed by atoms with Gasteiger partial charge in [0.1, 0.15) is 5.82 Å². The number of aryl methyl sites for hydroxylation is 2. The summed E-state index contributed by atoms with van der Waals surface area (Å²) in [6.07, 6.45) is 7.48. The fourth-order valence-electron chi connectivity index (χ4n) is 3.99. The molecule has 1 aliphatic carbocycles. The first-order chi connectivity index (χ1) is 10.3. The third-order valence-corrected chi connectivity index (χ3v) is 5.22. The average Bonchev–Trinajstić information content (AvgIpc) is 2.87. The first kappa shape index (κ1) is 14.9. The van der Waals surface area contributed by atoms with Crippen LogP contribution in [0.4, 0.5) is 0 Å². The van der Waals surface area contributed by atoms with Crippen molar-refractivity contribution in [1.82, 2.24) is 9.55 Å². The van der Waals surface area contributed by atoms with E-state index < -0.39 is 0 Å². The highest BCUT2D eigenvalue weighted by molar-refractivity contribution is 6.17. The molecule has 0 N–H and O–H groups in total. The van der Waals surface area contributed by atoms with E-state index in [9.17, 15) is 0 Å². The van der Waals surface area contributed by atoms with Crippen molar-refractivity contribution in [2.45, 2.75) is 58.4 Å². The smallest absolute Gasteiger partial charge is 0.111 e. The topological polar surface area (TPSA) is 17.8 Å². The van der Waals surface area contributed by atoms with Gasteiger partial charge in [0.15, 0.2) is 0 Å². The van der Waals surface area contributed by atoms with Crippen LogP contribution in [0.5, 0.6) is 0 Å². The number of imidazole rings is 1. The molecule has 3 heteroatoms. The zero-order valence-electron chi connectivity index (χ0n) is 13.1. The molecule has 1 aliphatic rings. The number of rotatable bonds is 4. The lowest BCUT2D eigenvalue weighted by Gasteiger charge is -2.33. The highest BCUT2D eigenvalue weighted by Gasteiger charge is 2.28. The third-order valence-electron chi connectivity index (χ3n) is 5.03. The van der Waals surface area contributed by atoms with Gasteiger partial charge >= 0.3 is 0 Å². The second-order valence-electron chi connectivity index (χ2n) is 6.30. The van der Waals surface area contributed by atoms with Crippen LogP contribution in [0.25, 0.3) is 11.0 Å². The Morgan fingerprint density at radius 2 is 2.10 bits per heavy atom. The van der Waals surface area contributed by atoms with Crippen molar-refractivity contribution in [2.75, 3.05) is 5.88 Å². The van der Waals surface area contributed by atoms with Gasteiger partial charge in [0.05, 0.1) is 11.0 Å². The van der Waals surface area contributed by atoms with Gasteiger partial charge in [0.2, 0.25) is 0 Å². The Morgan fingerprint density at radius 3 is 2.86 bits per heavy atom. The second-order valence-corrected chi connectivity index (χ2v) is 6.68. The van der Waals surface area contributed by atoms with Gasteiger partial charge < -0.3 is 4.57 Å². The average molecular weight is 305 g/mol. The van der Waals surface area contributed by atoms with Gasteiger partial charge in [-0.3, -0.25) is 0 Å². The van der Waals surface area contributed by atoms with Gasteiger partial charge in [-0.25, -0.2) is 4.98 Å². The molecule has 1 fully saturated rings. The zero-order chi connectivity index (χ0) is 14.8. The van der Waals surface area contributed by atoms with Crippen LogP contribution in [0.15, 0.2) is 18.2 Å². The fourth-order valence-corrected chi connectivity index (χ4v) is 4.16. The van der Waals surface area contributed by atoms with E-state index in [-0.39, 0.29) is 0 Å². The summed E-state index contributed by atoms with van der Waals surface area (Å²) in [5.41, 5.74) is 3.81. The van der Waals surface area contributed by atoms with Crippen LogP contribution in [0.1, 0.15) is 56.5 Å². The molecule has 21 heavy (non-hydrogen) atoms. The number of alkyl halides is 1. The van der Waals surface area contributed by atoms with Crippen molar-refractivity contribution in [3.63, 3.8) is 0 Å². The first-order valence-corrected chi connectivity index (χ1v) is 8.82. The molecular formula is C18H25ClN2. The molecule has 2 aromatic rings. The summed E-state index contributed by atoms with van der Waals surface area (Å²) in [7, 11) is 0. The maximum absolute atomic E-state index is 6.03. The van der Waals surface area contributed by atoms with E-state index in [0.717, 1.165) is 17.9 Å². The molecule has 1 aromatic heterocycles. The van der Waals surface area contributed by atoms with E-state index in [4.69, 9.17) is 16.6 Å². The van der Waals surface area contributed by atoms with E-state index >= 15 is 0 Å². The van der Waals surface area contributed by atoms with Gasteiger partial charge in [-0.2, -0.15) is 0 Å². The van der Waals surface area contributed by atoms with Crippen LogP contribution in [-0.4, -0.2) is 15.4 Å². The molecule has 0 spiro atoms. The lowest BCUT2D eigenvalue weighted by Crippen LogP contribution is -2.24. The minimum absolute atomic E-state index is 0.605. The predicted molar refractivity (Wildman–Crippen MR) is 90.2 cm³/mol. The molecule has 1 aromatic carbocycles. The molecule has 2 unspecified atom stereocenters. The predicted octanol–water partition coefficient (Wildman–Crippen LogP) is 5.27. The highest BCUT2D eigenvalue weighted by Crippen LogP contribution is 2.39. The molecule has 1 saturated carbocycles. The van der Waals surface area contributed by atoms with E-state index in [1.165, 1.54) is 49.0 Å². The van der Waals surface area contributed by atoms with Gasteiger partial charge in [-0.1, -0.05) is 38.3 Å². The van der Waals surface area contributed by atoms with E-state index in [0.29, 0.717) is 11.9 Å². The first-order valence-electron chi connectivity index (χ1n) is 8.28. The van der Waals surface area contributed by atoms with Crippen LogP contribution < -0.4 is 0 Å². The maximum atomic E-state index is 6.03. The Hall–Kier alpha value is -1.02. The summed E-state index contributed by atoms with van der Waals surface area (Å²) < 4.78 is 2.54. The summed E-state index contributed by atoms with van der Waals surface area (Å²) in [4.78, 5) is 4.89. The van der Waals surface area contributed by atoms with Crippen molar-refractivity contribution in [3.8, 4) is 0 Å². The molecule has 2 nitrogen and oxygen atoms in total. The molecule has 114 valence electrons. The summed E-state index contributed by atoms with van der Waals surface area (Å²) in [6, 6.07) is 7.06. The molecular weight excluding hydrogens is 280 g/mol. The molecule has 0 bridgehead atoms. The van der Waals surface area contributed by atoms with Gasteiger partial charge in [-0.05, 0) is 37.3 Å². The number of fused-ring (bicyclic) bond motifs is 1. The number of hydrogen-bond donors (Lipinski definition) is 0. The Bertz CT molecular complexity index is 617. The molecule has 3 rings (SSSR count). The normalized spacial score (nSPS) is 22.8. The molecule has 1 heterocycles. The van der Waals surface area contributed by atoms with Crippen molar-refractivity contribution in [2.24, 2.45) is 5.92 Å². The Morgan fingerprint density at radius 1 is 1.29 bits per heavy atom. The quantitative estimate of drug-likeness (QED) is 0.704. The zero-order valence-corrected chi connectivity index (χ0v) is 13.9. The van der Waals surface area contributed by atoms with Crippen LogP contribution in [0.2, 0.25) is 0 Å². The lowest BCUT2D eigenvalue weighted by molar-refractivity contribution is 0.233. The number of halogens is 1. The Balaban J connectivity index is 2.15. The van der Waals surface area contributed by atoms with E-state index in [2.05, 4.69) is 36.6 Å². The van der Waals surface area contributed by atoms with Crippen LogP contribution in [0, 0.1) is 12.8 Å². The minimum atomic E-state index is 0.605. The van der Waals surface area contributed by atoms with Crippen molar-refractivity contribution < 1.29 is 0 Å². The Kier molecular flexibility index (Phi) is 4.54. The van der Waals surface area contributed by atoms with E-state index in [1.807, 2.05) is 0 Å². The van der Waals surface area contributed by atoms with Gasteiger partial charge in [0.25, 0.3) is 0 Å². The lowest BCUT2D eigenvalue weighted by atomic mass is 9.82. The SMILES string of the molecule is CCC1CCCCC1n1c(CCCl)nc2cccc(C)c21. The van der Waals surface area contributed by atoms with Crippen LogP contribution in [0.3, 0.4) is 0 Å². The summed E-state index contributed by atoms with van der Waals surface area (Å²) in [5.74, 6) is 2.61. The maximum Gasteiger partial charge on any atom is 0.111 e. The molecule has 0 saturated heterocycles. The number of nitrogens with zero attached hydrogens (tertiary/aromatic N) is 2. The summed E-state index contributed by atoms with van der Waals surface area (Å²) in [6.45, 7) is 4.53. The van der Waals surface area contributed by atoms with Crippen molar-refractivity contribution >= 4 is 22.6 Å². The summed E-state index contributed by atoms with van der Waals surface area (Å²) in [5, 5.41) is 0. The van der Waals surface area contributed by atoms with Crippen LogP contribution in [-0.2, 0) is 6.42 Å². The Labute approximate surface area is 132 Å². The third kappa shape index (κ3) is 2.70. The molecule has 0 aliphatic heterocycles.